The molecule has 3 rings (SSSR count). The van der Waals surface area contributed by atoms with Gasteiger partial charge in [-0.1, -0.05) is 17.7 Å². The maximum absolute atomic E-state index is 13.1. The molecule has 6 heteroatoms. The number of ketones is 1. The molecule has 0 aliphatic carbocycles. The normalized spacial score (nSPS) is 17.1. The second kappa shape index (κ2) is 9.51. The van der Waals surface area contributed by atoms with Crippen molar-refractivity contribution in [2.75, 3.05) is 34.4 Å². The van der Waals surface area contributed by atoms with Gasteiger partial charge in [0.25, 0.3) is 0 Å². The first-order valence-corrected chi connectivity index (χ1v) is 10.2. The Kier molecular flexibility index (Phi) is 7.04. The number of Topliss-reactive ketones (excluding diaryl/α,β-unsaturated/α-hetero) is 1. The SMILES string of the molecule is COc1ccc(CN2CCC[C@H](C(=O)c3ccc(Cl)cc3C)C2)c(OC)c1OC. The molecule has 2 aromatic rings. The molecule has 0 aromatic heterocycles. The van der Waals surface area contributed by atoms with Crippen LogP contribution in [0.5, 0.6) is 17.2 Å². The van der Waals surface area contributed by atoms with Gasteiger partial charge in [0.1, 0.15) is 0 Å². The van der Waals surface area contributed by atoms with Gasteiger partial charge in [-0.15, -0.1) is 0 Å². The summed E-state index contributed by atoms with van der Waals surface area (Å²) in [6.07, 6.45) is 1.89. The molecule has 1 heterocycles. The van der Waals surface area contributed by atoms with E-state index in [4.69, 9.17) is 25.8 Å². The fourth-order valence-electron chi connectivity index (χ4n) is 4.07. The second-order valence-electron chi connectivity index (χ2n) is 7.39. The van der Waals surface area contributed by atoms with Crippen molar-refractivity contribution in [1.29, 1.82) is 0 Å². The zero-order chi connectivity index (χ0) is 21.0. The third-order valence-corrected chi connectivity index (χ3v) is 5.74. The van der Waals surface area contributed by atoms with Crippen molar-refractivity contribution in [3.63, 3.8) is 0 Å². The Labute approximate surface area is 177 Å². The molecule has 0 radical (unpaired) electrons. The average molecular weight is 418 g/mol. The third kappa shape index (κ3) is 4.68. The van der Waals surface area contributed by atoms with Gasteiger partial charge in [-0.3, -0.25) is 9.69 Å². The van der Waals surface area contributed by atoms with Crippen LogP contribution >= 0.6 is 11.6 Å². The van der Waals surface area contributed by atoms with Crippen LogP contribution < -0.4 is 14.2 Å². The van der Waals surface area contributed by atoms with Crippen molar-refractivity contribution >= 4 is 17.4 Å². The second-order valence-corrected chi connectivity index (χ2v) is 7.83. The molecule has 1 aliphatic rings. The van der Waals surface area contributed by atoms with Crippen LogP contribution in [0.4, 0.5) is 0 Å². The number of likely N-dealkylation sites (tertiary alicyclic amines) is 1. The zero-order valence-corrected chi connectivity index (χ0v) is 18.2. The van der Waals surface area contributed by atoms with Gasteiger partial charge < -0.3 is 14.2 Å². The van der Waals surface area contributed by atoms with Gasteiger partial charge in [0.2, 0.25) is 5.75 Å². The van der Waals surface area contributed by atoms with E-state index in [1.807, 2.05) is 31.2 Å². The van der Waals surface area contributed by atoms with Gasteiger partial charge in [0, 0.05) is 35.2 Å². The van der Waals surface area contributed by atoms with Crippen LogP contribution in [-0.2, 0) is 6.54 Å². The van der Waals surface area contributed by atoms with E-state index in [1.165, 1.54) is 0 Å². The van der Waals surface area contributed by atoms with Crippen molar-refractivity contribution in [1.82, 2.24) is 4.90 Å². The molecule has 1 atom stereocenters. The quantitative estimate of drug-likeness (QED) is 0.607. The molecule has 1 fully saturated rings. The fraction of sp³-hybridized carbons (Fsp3) is 0.435. The number of carbonyl (C=O) groups excluding carboxylic acids is 1. The Morgan fingerprint density at radius 2 is 1.86 bits per heavy atom. The highest BCUT2D eigenvalue weighted by atomic mass is 35.5. The zero-order valence-electron chi connectivity index (χ0n) is 17.5. The smallest absolute Gasteiger partial charge is 0.203 e. The Morgan fingerprint density at radius 1 is 1.10 bits per heavy atom. The molecule has 0 saturated carbocycles. The van der Waals surface area contributed by atoms with Crippen molar-refractivity contribution in [3.8, 4) is 17.2 Å². The third-order valence-electron chi connectivity index (χ3n) is 5.51. The molecule has 0 amide bonds. The Morgan fingerprint density at radius 3 is 2.52 bits per heavy atom. The van der Waals surface area contributed by atoms with Gasteiger partial charge in [0.05, 0.1) is 21.3 Å². The molecule has 2 aromatic carbocycles. The number of rotatable bonds is 7. The number of carbonyl (C=O) groups is 1. The van der Waals surface area contributed by atoms with Crippen LogP contribution in [0.25, 0.3) is 0 Å². The molecule has 29 heavy (non-hydrogen) atoms. The summed E-state index contributed by atoms with van der Waals surface area (Å²) in [6, 6.07) is 9.37. The van der Waals surface area contributed by atoms with Crippen LogP contribution in [-0.4, -0.2) is 45.1 Å². The summed E-state index contributed by atoms with van der Waals surface area (Å²) in [5.74, 6) is 2.08. The summed E-state index contributed by atoms with van der Waals surface area (Å²) < 4.78 is 16.5. The summed E-state index contributed by atoms with van der Waals surface area (Å²) in [4.78, 5) is 15.4. The number of methoxy groups -OCH3 is 3. The Hall–Kier alpha value is -2.24. The van der Waals surface area contributed by atoms with Crippen molar-refractivity contribution in [2.24, 2.45) is 5.92 Å². The monoisotopic (exact) mass is 417 g/mol. The van der Waals surface area contributed by atoms with Crippen LogP contribution in [0, 0.1) is 12.8 Å². The number of benzene rings is 2. The standard InChI is InChI=1S/C23H28ClNO4/c1-15-12-18(24)8-9-19(15)21(26)16-6-5-11-25(13-16)14-17-7-10-20(27-2)23(29-4)22(17)28-3/h7-10,12,16H,5-6,11,13-14H2,1-4H3/t16-/m0/s1. The fourth-order valence-corrected chi connectivity index (χ4v) is 4.29. The van der Waals surface area contributed by atoms with E-state index in [1.54, 1.807) is 27.4 Å². The van der Waals surface area contributed by atoms with Crippen LogP contribution in [0.15, 0.2) is 30.3 Å². The maximum atomic E-state index is 13.1. The summed E-state index contributed by atoms with van der Waals surface area (Å²) in [5.41, 5.74) is 2.71. The number of aryl methyl sites for hydroxylation is 1. The number of halogens is 1. The van der Waals surface area contributed by atoms with E-state index in [0.717, 1.165) is 42.6 Å². The average Bonchev–Trinajstić information content (AvgIpc) is 2.73. The van der Waals surface area contributed by atoms with E-state index in [9.17, 15) is 4.79 Å². The molecule has 0 N–H and O–H groups in total. The van der Waals surface area contributed by atoms with Crippen molar-refractivity contribution in [2.45, 2.75) is 26.3 Å². The first-order valence-electron chi connectivity index (χ1n) is 9.79. The highest BCUT2D eigenvalue weighted by Crippen LogP contribution is 2.40. The predicted molar refractivity (Wildman–Crippen MR) is 115 cm³/mol. The van der Waals surface area contributed by atoms with Gasteiger partial charge in [0.15, 0.2) is 17.3 Å². The molecular formula is C23H28ClNO4. The van der Waals surface area contributed by atoms with Gasteiger partial charge in [-0.2, -0.15) is 0 Å². The molecule has 1 saturated heterocycles. The molecule has 5 nitrogen and oxygen atoms in total. The largest absolute Gasteiger partial charge is 0.493 e. The van der Waals surface area contributed by atoms with Crippen LogP contribution in [0.2, 0.25) is 5.02 Å². The van der Waals surface area contributed by atoms with E-state index in [0.29, 0.717) is 28.8 Å². The van der Waals surface area contributed by atoms with Crippen LogP contribution in [0.3, 0.4) is 0 Å². The lowest BCUT2D eigenvalue weighted by atomic mass is 9.88. The lowest BCUT2D eigenvalue weighted by molar-refractivity contribution is 0.0810. The van der Waals surface area contributed by atoms with Crippen molar-refractivity contribution in [3.05, 3.63) is 52.0 Å². The number of piperidine rings is 1. The lowest BCUT2D eigenvalue weighted by Gasteiger charge is -2.32. The lowest BCUT2D eigenvalue weighted by Crippen LogP contribution is -2.38. The summed E-state index contributed by atoms with van der Waals surface area (Å²) >= 11 is 6.05. The topological polar surface area (TPSA) is 48.0 Å². The molecule has 0 bridgehead atoms. The summed E-state index contributed by atoms with van der Waals surface area (Å²) in [5, 5.41) is 0.657. The number of hydrogen-bond donors (Lipinski definition) is 0. The number of hydrogen-bond acceptors (Lipinski definition) is 5. The minimum Gasteiger partial charge on any atom is -0.493 e. The van der Waals surface area contributed by atoms with Gasteiger partial charge >= 0.3 is 0 Å². The molecule has 0 spiro atoms. The summed E-state index contributed by atoms with van der Waals surface area (Å²) in [6.45, 7) is 4.29. The maximum Gasteiger partial charge on any atom is 0.203 e. The number of ether oxygens (including phenoxy) is 3. The first-order chi connectivity index (χ1) is 14.0. The Balaban J connectivity index is 1.77. The highest BCUT2D eigenvalue weighted by Gasteiger charge is 2.28. The van der Waals surface area contributed by atoms with E-state index >= 15 is 0 Å². The van der Waals surface area contributed by atoms with Gasteiger partial charge in [-0.25, -0.2) is 0 Å². The van der Waals surface area contributed by atoms with Crippen molar-refractivity contribution < 1.29 is 19.0 Å². The molecule has 156 valence electrons. The molecule has 0 unspecified atom stereocenters. The highest BCUT2D eigenvalue weighted by molar-refractivity contribution is 6.30. The van der Waals surface area contributed by atoms with Crippen LogP contribution in [0.1, 0.15) is 34.3 Å². The molecular weight excluding hydrogens is 390 g/mol. The predicted octanol–water partition coefficient (Wildman–Crippen LogP) is 4.77. The van der Waals surface area contributed by atoms with E-state index < -0.39 is 0 Å². The number of nitrogens with zero attached hydrogens (tertiary/aromatic N) is 1. The first kappa shape index (κ1) is 21.5. The summed E-state index contributed by atoms with van der Waals surface area (Å²) in [7, 11) is 4.84. The minimum absolute atomic E-state index is 0.0187. The van der Waals surface area contributed by atoms with E-state index in [-0.39, 0.29) is 11.7 Å². The van der Waals surface area contributed by atoms with Gasteiger partial charge in [-0.05, 0) is 56.1 Å². The Bertz CT molecular complexity index is 883. The molecule has 1 aliphatic heterocycles. The van der Waals surface area contributed by atoms with E-state index in [2.05, 4.69) is 4.90 Å². The minimum atomic E-state index is -0.0187.